The van der Waals surface area contributed by atoms with E-state index < -0.39 is 0 Å². The Kier molecular flexibility index (Phi) is 5.90. The Hall–Kier alpha value is -3.45. The molecule has 0 saturated heterocycles. The highest BCUT2D eigenvalue weighted by atomic mass is 32.2. The number of halogens is 1. The number of hydrogen-bond donors (Lipinski definition) is 1. The van der Waals surface area contributed by atoms with Crippen molar-refractivity contribution in [2.75, 3.05) is 11.1 Å². The lowest BCUT2D eigenvalue weighted by atomic mass is 10.2. The van der Waals surface area contributed by atoms with Gasteiger partial charge in [0.05, 0.1) is 11.4 Å². The minimum absolute atomic E-state index is 0.114. The van der Waals surface area contributed by atoms with Crippen LogP contribution in [0.25, 0.3) is 17.1 Å². The van der Waals surface area contributed by atoms with E-state index in [-0.39, 0.29) is 17.5 Å². The first-order valence-electron chi connectivity index (χ1n) is 9.37. The molecule has 4 aromatic rings. The third-order valence-electron chi connectivity index (χ3n) is 4.41. The molecule has 0 unspecified atom stereocenters. The van der Waals surface area contributed by atoms with Gasteiger partial charge in [-0.3, -0.25) is 4.79 Å². The van der Waals surface area contributed by atoms with E-state index >= 15 is 0 Å². The van der Waals surface area contributed by atoms with Crippen LogP contribution in [0.4, 0.5) is 10.1 Å². The third-order valence-corrected chi connectivity index (χ3v) is 5.25. The fourth-order valence-corrected chi connectivity index (χ4v) is 3.50. The lowest BCUT2D eigenvalue weighted by Gasteiger charge is -2.05. The van der Waals surface area contributed by atoms with E-state index in [1.165, 1.54) is 17.8 Å². The zero-order valence-corrected chi connectivity index (χ0v) is 17.1. The van der Waals surface area contributed by atoms with Crippen molar-refractivity contribution >= 4 is 23.4 Å². The summed E-state index contributed by atoms with van der Waals surface area (Å²) < 4.78 is 15.4. The van der Waals surface area contributed by atoms with E-state index in [9.17, 15) is 9.18 Å². The van der Waals surface area contributed by atoms with Crippen molar-refractivity contribution in [2.45, 2.75) is 12.1 Å². The molecule has 4 rings (SSSR count). The number of rotatable bonds is 6. The topological polar surface area (TPSA) is 59.8 Å². The molecule has 0 aliphatic carbocycles. The SMILES string of the molecule is Cc1ccc(NC(=O)CSc2nc(-c3ccccc3)n(-c3ccccc3)n2)cc1F. The summed E-state index contributed by atoms with van der Waals surface area (Å²) in [4.78, 5) is 16.9. The molecule has 1 amide bonds. The van der Waals surface area contributed by atoms with Gasteiger partial charge in [-0.1, -0.05) is 66.4 Å². The summed E-state index contributed by atoms with van der Waals surface area (Å²) in [5.74, 6) is 0.213. The second kappa shape index (κ2) is 8.92. The first-order valence-corrected chi connectivity index (χ1v) is 10.4. The number of aryl methyl sites for hydroxylation is 1. The maximum Gasteiger partial charge on any atom is 0.234 e. The van der Waals surface area contributed by atoms with E-state index in [0.29, 0.717) is 22.2 Å². The minimum Gasteiger partial charge on any atom is -0.325 e. The summed E-state index contributed by atoms with van der Waals surface area (Å²) in [7, 11) is 0. The van der Waals surface area contributed by atoms with Gasteiger partial charge in [0.2, 0.25) is 11.1 Å². The van der Waals surface area contributed by atoms with Crippen LogP contribution in [0.2, 0.25) is 0 Å². The van der Waals surface area contributed by atoms with Gasteiger partial charge in [0.1, 0.15) is 5.82 Å². The van der Waals surface area contributed by atoms with Gasteiger partial charge in [-0.15, -0.1) is 5.10 Å². The number of thioether (sulfide) groups is 1. The highest BCUT2D eigenvalue weighted by Gasteiger charge is 2.15. The van der Waals surface area contributed by atoms with Crippen LogP contribution in [-0.2, 0) is 4.79 Å². The predicted molar refractivity (Wildman–Crippen MR) is 117 cm³/mol. The number of hydrogen-bond acceptors (Lipinski definition) is 4. The largest absolute Gasteiger partial charge is 0.325 e. The minimum atomic E-state index is -0.351. The molecule has 0 atom stereocenters. The monoisotopic (exact) mass is 418 g/mol. The smallest absolute Gasteiger partial charge is 0.234 e. The standard InChI is InChI=1S/C23H19FN4OS/c1-16-12-13-18(14-20(16)24)25-21(29)15-30-23-26-22(17-8-4-2-5-9-17)28(27-23)19-10-6-3-7-11-19/h2-14H,15H2,1H3,(H,25,29). The second-order valence-corrected chi connectivity index (χ2v) is 7.57. The van der Waals surface area contributed by atoms with Gasteiger partial charge in [-0.2, -0.15) is 0 Å². The summed E-state index contributed by atoms with van der Waals surface area (Å²) in [6.07, 6.45) is 0. The number of benzene rings is 3. The van der Waals surface area contributed by atoms with Crippen molar-refractivity contribution in [3.63, 3.8) is 0 Å². The van der Waals surface area contributed by atoms with Crippen LogP contribution < -0.4 is 5.32 Å². The van der Waals surface area contributed by atoms with Crippen molar-refractivity contribution < 1.29 is 9.18 Å². The van der Waals surface area contributed by atoms with Gasteiger partial charge in [-0.25, -0.2) is 14.1 Å². The molecule has 3 aromatic carbocycles. The fraction of sp³-hybridized carbons (Fsp3) is 0.0870. The molecule has 1 aromatic heterocycles. The van der Waals surface area contributed by atoms with E-state index in [2.05, 4.69) is 15.4 Å². The average molecular weight is 418 g/mol. The van der Waals surface area contributed by atoms with Crippen LogP contribution in [0.3, 0.4) is 0 Å². The molecule has 150 valence electrons. The number of nitrogens with zero attached hydrogens (tertiary/aromatic N) is 3. The third kappa shape index (κ3) is 4.58. The summed E-state index contributed by atoms with van der Waals surface area (Å²) in [6, 6.07) is 24.1. The first kappa shape index (κ1) is 19.8. The molecule has 1 N–H and O–H groups in total. The molecule has 1 heterocycles. The lowest BCUT2D eigenvalue weighted by Crippen LogP contribution is -2.14. The van der Waals surface area contributed by atoms with Gasteiger partial charge < -0.3 is 5.32 Å². The molecule has 0 fully saturated rings. The van der Waals surface area contributed by atoms with Crippen LogP contribution in [-0.4, -0.2) is 26.4 Å². The molecular formula is C23H19FN4OS. The van der Waals surface area contributed by atoms with Crippen LogP contribution in [0.1, 0.15) is 5.56 Å². The van der Waals surface area contributed by atoms with E-state index in [1.54, 1.807) is 23.7 Å². The molecule has 0 radical (unpaired) electrons. The zero-order valence-electron chi connectivity index (χ0n) is 16.2. The molecule has 0 aliphatic heterocycles. The van der Waals surface area contributed by atoms with Crippen LogP contribution >= 0.6 is 11.8 Å². The molecule has 7 heteroatoms. The Morgan fingerprint density at radius 2 is 1.73 bits per heavy atom. The number of aromatic nitrogens is 3. The highest BCUT2D eigenvalue weighted by Crippen LogP contribution is 2.25. The normalized spacial score (nSPS) is 10.7. The number of anilines is 1. The molecule has 0 spiro atoms. The van der Waals surface area contributed by atoms with Crippen molar-refractivity contribution in [3.8, 4) is 17.1 Å². The summed E-state index contributed by atoms with van der Waals surface area (Å²) in [5.41, 5.74) is 2.78. The second-order valence-electron chi connectivity index (χ2n) is 6.63. The first-order chi connectivity index (χ1) is 14.6. The number of amides is 1. The number of carbonyl (C=O) groups excluding carboxylic acids is 1. The predicted octanol–water partition coefficient (Wildman–Crippen LogP) is 5.11. The molecule has 0 bridgehead atoms. The molecule has 5 nitrogen and oxygen atoms in total. The molecular weight excluding hydrogens is 399 g/mol. The Labute approximate surface area is 178 Å². The zero-order chi connectivity index (χ0) is 20.9. The molecule has 0 aliphatic rings. The maximum absolute atomic E-state index is 13.7. The average Bonchev–Trinajstić information content (AvgIpc) is 3.21. The van der Waals surface area contributed by atoms with Crippen molar-refractivity contribution in [2.24, 2.45) is 0 Å². The van der Waals surface area contributed by atoms with E-state index in [0.717, 1.165) is 11.3 Å². The summed E-state index contributed by atoms with van der Waals surface area (Å²) >= 11 is 1.23. The van der Waals surface area contributed by atoms with Gasteiger partial charge in [-0.05, 0) is 36.8 Å². The Morgan fingerprint density at radius 3 is 2.43 bits per heavy atom. The number of carbonyl (C=O) groups is 1. The van der Waals surface area contributed by atoms with Crippen LogP contribution in [0.15, 0.2) is 84.0 Å². The van der Waals surface area contributed by atoms with Gasteiger partial charge in [0.25, 0.3) is 0 Å². The molecule has 0 saturated carbocycles. The Balaban J connectivity index is 1.52. The van der Waals surface area contributed by atoms with Crippen LogP contribution in [0.5, 0.6) is 0 Å². The quantitative estimate of drug-likeness (QED) is 0.442. The fourth-order valence-electron chi connectivity index (χ4n) is 2.88. The van der Waals surface area contributed by atoms with Crippen molar-refractivity contribution in [1.82, 2.24) is 14.8 Å². The Morgan fingerprint density at radius 1 is 1.03 bits per heavy atom. The number of nitrogens with one attached hydrogen (secondary N) is 1. The van der Waals surface area contributed by atoms with Crippen molar-refractivity contribution in [3.05, 3.63) is 90.2 Å². The highest BCUT2D eigenvalue weighted by molar-refractivity contribution is 7.99. The Bertz CT molecular complexity index is 1110. The van der Waals surface area contributed by atoms with E-state index in [1.807, 2.05) is 60.7 Å². The maximum atomic E-state index is 13.7. The van der Waals surface area contributed by atoms with Gasteiger partial charge in [0, 0.05) is 11.3 Å². The van der Waals surface area contributed by atoms with E-state index in [4.69, 9.17) is 0 Å². The van der Waals surface area contributed by atoms with Crippen LogP contribution in [0, 0.1) is 12.7 Å². The molecule has 30 heavy (non-hydrogen) atoms. The van der Waals surface area contributed by atoms with Gasteiger partial charge >= 0.3 is 0 Å². The van der Waals surface area contributed by atoms with Gasteiger partial charge in [0.15, 0.2) is 5.82 Å². The van der Waals surface area contributed by atoms with Crippen molar-refractivity contribution in [1.29, 1.82) is 0 Å². The lowest BCUT2D eigenvalue weighted by molar-refractivity contribution is -0.113. The summed E-state index contributed by atoms with van der Waals surface area (Å²) in [5, 5.41) is 7.78. The number of para-hydroxylation sites is 1. The summed E-state index contributed by atoms with van der Waals surface area (Å²) in [6.45, 7) is 1.68.